The monoisotopic (exact) mass is 316 g/mol. The zero-order chi connectivity index (χ0) is 15.8. The summed E-state index contributed by atoms with van der Waals surface area (Å²) in [5.74, 6) is -0.316. The van der Waals surface area contributed by atoms with Gasteiger partial charge in [0.05, 0.1) is 10.4 Å². The lowest BCUT2D eigenvalue weighted by atomic mass is 10.0. The molecular formula is C17H20N2O2S. The zero-order valence-corrected chi connectivity index (χ0v) is 13.4. The van der Waals surface area contributed by atoms with Crippen LogP contribution in [-0.4, -0.2) is 31.3 Å². The van der Waals surface area contributed by atoms with Gasteiger partial charge in [0.15, 0.2) is 0 Å². The number of benzene rings is 1. The smallest absolute Gasteiger partial charge is 0.252 e. The molecular weight excluding hydrogens is 296 g/mol. The Morgan fingerprint density at radius 1 is 1.00 bits per heavy atom. The molecule has 0 aliphatic carbocycles. The third kappa shape index (κ3) is 4.26. The summed E-state index contributed by atoms with van der Waals surface area (Å²) in [5, 5.41) is 7.93. The number of hydrogen-bond donors (Lipinski definition) is 2. The number of carbonyl (C=O) groups excluding carboxylic acids is 2. The lowest BCUT2D eigenvalue weighted by Crippen LogP contribution is -2.32. The molecule has 1 amide bonds. The summed E-state index contributed by atoms with van der Waals surface area (Å²) in [6.45, 7) is 4.29. The second-order valence-corrected chi connectivity index (χ2v) is 5.81. The molecule has 0 radical (unpaired) electrons. The highest BCUT2D eigenvalue weighted by molar-refractivity contribution is 7.12. The number of nitrogens with one attached hydrogen (secondary N) is 2. The molecule has 2 rings (SSSR count). The maximum absolute atomic E-state index is 12.5. The van der Waals surface area contributed by atoms with E-state index in [1.165, 1.54) is 11.3 Å². The first-order valence-electron chi connectivity index (χ1n) is 7.40. The molecule has 0 saturated carbocycles. The van der Waals surface area contributed by atoms with E-state index < -0.39 is 0 Å². The molecule has 0 aliphatic rings. The Balaban J connectivity index is 2.05. The molecule has 4 nitrogen and oxygen atoms in total. The first-order valence-corrected chi connectivity index (χ1v) is 8.28. The Hall–Kier alpha value is -1.98. The summed E-state index contributed by atoms with van der Waals surface area (Å²) >= 11 is 1.38. The number of hydrogen-bond acceptors (Lipinski definition) is 4. The average Bonchev–Trinajstić information content (AvgIpc) is 3.08. The van der Waals surface area contributed by atoms with Crippen LogP contribution >= 0.6 is 11.3 Å². The molecule has 1 aromatic carbocycles. The number of amides is 1. The minimum atomic E-state index is -0.209. The van der Waals surface area contributed by atoms with Crippen LogP contribution in [0.1, 0.15) is 38.9 Å². The number of thiophene rings is 1. The van der Waals surface area contributed by atoms with Crippen LogP contribution in [0.3, 0.4) is 0 Å². The van der Waals surface area contributed by atoms with Crippen molar-refractivity contribution in [2.75, 3.05) is 19.6 Å². The minimum absolute atomic E-state index is 0.107. The number of ketones is 1. The van der Waals surface area contributed by atoms with Crippen molar-refractivity contribution >= 4 is 23.0 Å². The van der Waals surface area contributed by atoms with E-state index >= 15 is 0 Å². The van der Waals surface area contributed by atoms with Gasteiger partial charge in [-0.1, -0.05) is 31.2 Å². The summed E-state index contributed by atoms with van der Waals surface area (Å²) in [6, 6.07) is 10.5. The molecule has 22 heavy (non-hydrogen) atoms. The van der Waals surface area contributed by atoms with Crippen molar-refractivity contribution in [1.82, 2.24) is 10.6 Å². The topological polar surface area (TPSA) is 58.2 Å². The van der Waals surface area contributed by atoms with E-state index in [1.807, 2.05) is 11.4 Å². The van der Waals surface area contributed by atoms with Gasteiger partial charge >= 0.3 is 0 Å². The molecule has 0 atom stereocenters. The Bertz CT molecular complexity index is 623. The molecule has 2 aromatic rings. The van der Waals surface area contributed by atoms with E-state index in [2.05, 4.69) is 17.6 Å². The summed E-state index contributed by atoms with van der Waals surface area (Å²) in [5.41, 5.74) is 0.875. The Kier molecular flexibility index (Phi) is 6.30. The lowest BCUT2D eigenvalue weighted by molar-refractivity contribution is 0.0943. The molecule has 2 N–H and O–H groups in total. The van der Waals surface area contributed by atoms with Crippen molar-refractivity contribution in [2.24, 2.45) is 0 Å². The second-order valence-electron chi connectivity index (χ2n) is 4.86. The van der Waals surface area contributed by atoms with Gasteiger partial charge in [0, 0.05) is 18.7 Å². The van der Waals surface area contributed by atoms with Crippen LogP contribution in [0.15, 0.2) is 41.8 Å². The Morgan fingerprint density at radius 3 is 2.45 bits per heavy atom. The van der Waals surface area contributed by atoms with Crippen molar-refractivity contribution in [3.63, 3.8) is 0 Å². The van der Waals surface area contributed by atoms with Crippen molar-refractivity contribution in [1.29, 1.82) is 0 Å². The Labute approximate surface area is 134 Å². The van der Waals surface area contributed by atoms with Crippen LogP contribution in [0.4, 0.5) is 0 Å². The highest BCUT2D eigenvalue weighted by Gasteiger charge is 2.18. The predicted molar refractivity (Wildman–Crippen MR) is 89.7 cm³/mol. The second kappa shape index (κ2) is 8.46. The van der Waals surface area contributed by atoms with Crippen LogP contribution in [-0.2, 0) is 0 Å². The molecule has 1 aromatic heterocycles. The molecule has 1 heterocycles. The fourth-order valence-electron chi connectivity index (χ4n) is 2.08. The van der Waals surface area contributed by atoms with Crippen LogP contribution in [0.5, 0.6) is 0 Å². The van der Waals surface area contributed by atoms with Crippen LogP contribution < -0.4 is 10.6 Å². The molecule has 0 bridgehead atoms. The predicted octanol–water partition coefficient (Wildman–Crippen LogP) is 2.71. The molecule has 0 aliphatic heterocycles. The SMILES string of the molecule is CCCNCCNC(=O)c1ccccc1C(=O)c1cccs1. The quantitative estimate of drug-likeness (QED) is 0.581. The van der Waals surface area contributed by atoms with Gasteiger partial charge in [-0.05, 0) is 30.5 Å². The summed E-state index contributed by atoms with van der Waals surface area (Å²) in [7, 11) is 0. The van der Waals surface area contributed by atoms with Gasteiger partial charge < -0.3 is 10.6 Å². The first-order chi connectivity index (χ1) is 10.7. The van der Waals surface area contributed by atoms with Gasteiger partial charge in [-0.25, -0.2) is 0 Å². The van der Waals surface area contributed by atoms with Crippen molar-refractivity contribution < 1.29 is 9.59 Å². The fraction of sp³-hybridized carbons (Fsp3) is 0.294. The van der Waals surface area contributed by atoms with E-state index in [0.717, 1.165) is 19.5 Å². The number of carbonyl (C=O) groups is 2. The van der Waals surface area contributed by atoms with E-state index in [1.54, 1.807) is 30.3 Å². The molecule has 0 saturated heterocycles. The van der Waals surface area contributed by atoms with Gasteiger partial charge in [0.25, 0.3) is 5.91 Å². The van der Waals surface area contributed by atoms with Crippen molar-refractivity contribution in [3.8, 4) is 0 Å². The maximum Gasteiger partial charge on any atom is 0.252 e. The summed E-state index contributed by atoms with van der Waals surface area (Å²) in [6.07, 6.45) is 1.06. The average molecular weight is 316 g/mol. The third-order valence-electron chi connectivity index (χ3n) is 3.18. The molecule has 5 heteroatoms. The van der Waals surface area contributed by atoms with Crippen molar-refractivity contribution in [3.05, 3.63) is 57.8 Å². The normalized spacial score (nSPS) is 10.4. The highest BCUT2D eigenvalue weighted by atomic mass is 32.1. The lowest BCUT2D eigenvalue weighted by Gasteiger charge is -2.09. The van der Waals surface area contributed by atoms with E-state index in [0.29, 0.717) is 22.5 Å². The summed E-state index contributed by atoms with van der Waals surface area (Å²) < 4.78 is 0. The minimum Gasteiger partial charge on any atom is -0.351 e. The van der Waals surface area contributed by atoms with Crippen LogP contribution in [0, 0.1) is 0 Å². The summed E-state index contributed by atoms with van der Waals surface area (Å²) in [4.78, 5) is 25.4. The van der Waals surface area contributed by atoms with Gasteiger partial charge in [-0.3, -0.25) is 9.59 Å². The fourth-order valence-corrected chi connectivity index (χ4v) is 2.76. The Morgan fingerprint density at radius 2 is 1.77 bits per heavy atom. The maximum atomic E-state index is 12.5. The van der Waals surface area contributed by atoms with Crippen LogP contribution in [0.2, 0.25) is 0 Å². The van der Waals surface area contributed by atoms with Gasteiger partial charge in [-0.2, -0.15) is 0 Å². The first kappa shape index (κ1) is 16.4. The zero-order valence-electron chi connectivity index (χ0n) is 12.6. The molecule has 0 fully saturated rings. The van der Waals surface area contributed by atoms with E-state index in [9.17, 15) is 9.59 Å². The number of rotatable bonds is 8. The highest BCUT2D eigenvalue weighted by Crippen LogP contribution is 2.18. The van der Waals surface area contributed by atoms with E-state index in [4.69, 9.17) is 0 Å². The molecule has 116 valence electrons. The standard InChI is InChI=1S/C17H20N2O2S/c1-2-9-18-10-11-19-17(21)14-7-4-3-6-13(14)16(20)15-8-5-12-22-15/h3-8,12,18H,2,9-11H2,1H3,(H,19,21). The van der Waals surface area contributed by atoms with Gasteiger partial charge in [0.1, 0.15) is 0 Å². The van der Waals surface area contributed by atoms with Gasteiger partial charge in [0.2, 0.25) is 5.78 Å². The van der Waals surface area contributed by atoms with Gasteiger partial charge in [-0.15, -0.1) is 11.3 Å². The molecule has 0 spiro atoms. The van der Waals surface area contributed by atoms with E-state index in [-0.39, 0.29) is 11.7 Å². The largest absolute Gasteiger partial charge is 0.351 e. The van der Waals surface area contributed by atoms with Crippen molar-refractivity contribution in [2.45, 2.75) is 13.3 Å². The third-order valence-corrected chi connectivity index (χ3v) is 4.04. The molecule has 0 unspecified atom stereocenters. The van der Waals surface area contributed by atoms with Crippen LogP contribution in [0.25, 0.3) is 0 Å².